The van der Waals surface area contributed by atoms with Crippen LogP contribution in [0.3, 0.4) is 0 Å². The van der Waals surface area contributed by atoms with Gasteiger partial charge in [-0.1, -0.05) is 12.1 Å². The zero-order valence-electron chi connectivity index (χ0n) is 11.5. The number of aryl methyl sites for hydroxylation is 1. The second-order valence-corrected chi connectivity index (χ2v) is 4.54. The first-order chi connectivity index (χ1) is 9.09. The summed E-state index contributed by atoms with van der Waals surface area (Å²) >= 11 is 0. The van der Waals surface area contributed by atoms with E-state index in [1.54, 1.807) is 14.1 Å². The number of amides is 2. The van der Waals surface area contributed by atoms with Crippen molar-refractivity contribution in [3.8, 4) is 0 Å². The van der Waals surface area contributed by atoms with Gasteiger partial charge in [0.15, 0.2) is 0 Å². The molecule has 1 aromatic heterocycles. The average Bonchev–Trinajstić information content (AvgIpc) is 2.72. The molecule has 0 unspecified atom stereocenters. The number of anilines is 1. The van der Waals surface area contributed by atoms with Crippen LogP contribution in [-0.2, 0) is 7.05 Å². The number of rotatable bonds is 4. The highest BCUT2D eigenvalue weighted by molar-refractivity contribution is 5.78. The molecule has 0 aliphatic carbocycles. The van der Waals surface area contributed by atoms with Crippen LogP contribution in [0.2, 0.25) is 0 Å². The Morgan fingerprint density at radius 3 is 2.74 bits per heavy atom. The molecule has 19 heavy (non-hydrogen) atoms. The van der Waals surface area contributed by atoms with Crippen LogP contribution in [0.25, 0.3) is 11.0 Å². The lowest BCUT2D eigenvalue weighted by Crippen LogP contribution is -2.37. The van der Waals surface area contributed by atoms with Crippen LogP contribution in [0.1, 0.15) is 0 Å². The van der Waals surface area contributed by atoms with Crippen molar-refractivity contribution in [2.24, 2.45) is 7.05 Å². The number of para-hydroxylation sites is 2. The molecule has 2 amide bonds. The number of nitrogens with one attached hydrogen (secondary N) is 2. The predicted octanol–water partition coefficient (Wildman–Crippen LogP) is 1.26. The SMILES string of the molecule is CN(C)C(=O)NCCNc1nc2ccccc2n1C. The van der Waals surface area contributed by atoms with Crippen LogP contribution in [0.15, 0.2) is 24.3 Å². The molecule has 0 saturated heterocycles. The normalized spacial score (nSPS) is 10.5. The van der Waals surface area contributed by atoms with Crippen molar-refractivity contribution in [3.63, 3.8) is 0 Å². The monoisotopic (exact) mass is 261 g/mol. The zero-order valence-corrected chi connectivity index (χ0v) is 11.5. The number of carbonyl (C=O) groups is 1. The van der Waals surface area contributed by atoms with Crippen molar-refractivity contribution in [1.29, 1.82) is 0 Å². The number of carbonyl (C=O) groups excluding carboxylic acids is 1. The quantitative estimate of drug-likeness (QED) is 0.814. The molecule has 0 bridgehead atoms. The highest BCUT2D eigenvalue weighted by Gasteiger charge is 2.06. The second kappa shape index (κ2) is 5.60. The third-order valence-electron chi connectivity index (χ3n) is 2.88. The van der Waals surface area contributed by atoms with Crippen molar-refractivity contribution in [2.45, 2.75) is 0 Å². The molecule has 1 heterocycles. The Kier molecular flexibility index (Phi) is 3.89. The largest absolute Gasteiger partial charge is 0.354 e. The maximum absolute atomic E-state index is 11.3. The number of aromatic nitrogens is 2. The number of nitrogens with zero attached hydrogens (tertiary/aromatic N) is 3. The van der Waals surface area contributed by atoms with Crippen LogP contribution in [0.5, 0.6) is 0 Å². The van der Waals surface area contributed by atoms with Gasteiger partial charge in [-0.25, -0.2) is 9.78 Å². The third kappa shape index (κ3) is 2.96. The maximum atomic E-state index is 11.3. The van der Waals surface area contributed by atoms with Gasteiger partial charge in [0.2, 0.25) is 5.95 Å². The first-order valence-electron chi connectivity index (χ1n) is 6.20. The van der Waals surface area contributed by atoms with E-state index in [1.807, 2.05) is 35.9 Å². The van der Waals surface area contributed by atoms with Gasteiger partial charge >= 0.3 is 6.03 Å². The molecule has 0 fully saturated rings. The fourth-order valence-electron chi connectivity index (χ4n) is 1.81. The molecule has 6 nitrogen and oxygen atoms in total. The van der Waals surface area contributed by atoms with Crippen molar-refractivity contribution >= 4 is 23.0 Å². The van der Waals surface area contributed by atoms with Crippen molar-refractivity contribution in [2.75, 3.05) is 32.5 Å². The van der Waals surface area contributed by atoms with Crippen molar-refractivity contribution in [1.82, 2.24) is 19.8 Å². The smallest absolute Gasteiger partial charge is 0.316 e. The fraction of sp³-hybridized carbons (Fsp3) is 0.385. The summed E-state index contributed by atoms with van der Waals surface area (Å²) in [6, 6.07) is 7.88. The molecule has 0 spiro atoms. The minimum atomic E-state index is -0.0909. The Morgan fingerprint density at radius 2 is 2.05 bits per heavy atom. The van der Waals surface area contributed by atoms with E-state index in [-0.39, 0.29) is 6.03 Å². The lowest BCUT2D eigenvalue weighted by atomic mass is 10.3. The molecule has 2 N–H and O–H groups in total. The van der Waals surface area contributed by atoms with Gasteiger partial charge in [0.1, 0.15) is 0 Å². The molecule has 0 atom stereocenters. The zero-order chi connectivity index (χ0) is 13.8. The molecule has 102 valence electrons. The molecule has 6 heteroatoms. The number of urea groups is 1. The van der Waals surface area contributed by atoms with Gasteiger partial charge in [-0.3, -0.25) is 0 Å². The Bertz CT molecular complexity index is 575. The van der Waals surface area contributed by atoms with Crippen molar-refractivity contribution < 1.29 is 4.79 Å². The van der Waals surface area contributed by atoms with E-state index >= 15 is 0 Å². The number of fused-ring (bicyclic) bond motifs is 1. The van der Waals surface area contributed by atoms with E-state index in [0.29, 0.717) is 13.1 Å². The molecule has 0 aliphatic heterocycles. The fourth-order valence-corrected chi connectivity index (χ4v) is 1.81. The number of imidazole rings is 1. The van der Waals surface area contributed by atoms with Crippen LogP contribution in [0.4, 0.5) is 10.7 Å². The van der Waals surface area contributed by atoms with E-state index < -0.39 is 0 Å². The highest BCUT2D eigenvalue weighted by Crippen LogP contribution is 2.16. The topological polar surface area (TPSA) is 62.2 Å². The summed E-state index contributed by atoms with van der Waals surface area (Å²) in [5.74, 6) is 0.806. The summed E-state index contributed by atoms with van der Waals surface area (Å²) in [7, 11) is 5.40. The minimum absolute atomic E-state index is 0.0909. The van der Waals surface area contributed by atoms with Crippen LogP contribution < -0.4 is 10.6 Å². The molecule has 2 aromatic rings. The summed E-state index contributed by atoms with van der Waals surface area (Å²) in [6.45, 7) is 1.19. The molecule has 1 aromatic carbocycles. The van der Waals surface area contributed by atoms with Gasteiger partial charge in [0.05, 0.1) is 11.0 Å². The predicted molar refractivity (Wildman–Crippen MR) is 76.3 cm³/mol. The Balaban J connectivity index is 1.92. The summed E-state index contributed by atoms with van der Waals surface area (Å²) in [6.07, 6.45) is 0. The minimum Gasteiger partial charge on any atom is -0.354 e. The number of hydrogen-bond acceptors (Lipinski definition) is 3. The van der Waals surface area contributed by atoms with Gasteiger partial charge < -0.3 is 20.1 Å². The summed E-state index contributed by atoms with van der Waals surface area (Å²) in [5, 5.41) is 6.01. The average molecular weight is 261 g/mol. The number of hydrogen-bond donors (Lipinski definition) is 2. The van der Waals surface area contributed by atoms with Gasteiger partial charge in [0, 0.05) is 34.2 Å². The molecule has 0 aliphatic rings. The van der Waals surface area contributed by atoms with Gasteiger partial charge in [-0.05, 0) is 12.1 Å². The molecule has 0 saturated carbocycles. The Hall–Kier alpha value is -2.24. The Morgan fingerprint density at radius 1 is 1.32 bits per heavy atom. The number of benzene rings is 1. The van der Waals surface area contributed by atoms with Gasteiger partial charge in [0.25, 0.3) is 0 Å². The van der Waals surface area contributed by atoms with Crippen molar-refractivity contribution in [3.05, 3.63) is 24.3 Å². The van der Waals surface area contributed by atoms with E-state index in [2.05, 4.69) is 15.6 Å². The van der Waals surface area contributed by atoms with E-state index in [1.165, 1.54) is 4.90 Å². The van der Waals surface area contributed by atoms with Gasteiger partial charge in [-0.15, -0.1) is 0 Å². The van der Waals surface area contributed by atoms with E-state index in [0.717, 1.165) is 17.0 Å². The van der Waals surface area contributed by atoms with Crippen LogP contribution >= 0.6 is 0 Å². The Labute approximate surface area is 112 Å². The summed E-state index contributed by atoms with van der Waals surface area (Å²) in [5.41, 5.74) is 2.05. The standard InChI is InChI=1S/C13H19N5O/c1-17(2)13(19)15-9-8-14-12-16-10-6-4-5-7-11(10)18(12)3/h4-7H,8-9H2,1-3H3,(H,14,16)(H,15,19). The van der Waals surface area contributed by atoms with Gasteiger partial charge in [-0.2, -0.15) is 0 Å². The third-order valence-corrected chi connectivity index (χ3v) is 2.88. The molecule has 0 radical (unpaired) electrons. The lowest BCUT2D eigenvalue weighted by molar-refractivity contribution is 0.218. The van der Waals surface area contributed by atoms with E-state index in [4.69, 9.17) is 0 Å². The summed E-state index contributed by atoms with van der Waals surface area (Å²) in [4.78, 5) is 17.3. The first kappa shape index (κ1) is 13.2. The maximum Gasteiger partial charge on any atom is 0.316 e. The van der Waals surface area contributed by atoms with Crippen LogP contribution in [-0.4, -0.2) is 47.7 Å². The summed E-state index contributed by atoms with van der Waals surface area (Å²) < 4.78 is 2.00. The molecular weight excluding hydrogens is 242 g/mol. The van der Waals surface area contributed by atoms with E-state index in [9.17, 15) is 4.79 Å². The molecule has 2 rings (SSSR count). The lowest BCUT2D eigenvalue weighted by Gasteiger charge is -2.12. The first-order valence-corrected chi connectivity index (χ1v) is 6.20. The second-order valence-electron chi connectivity index (χ2n) is 4.54. The van der Waals surface area contributed by atoms with Crippen LogP contribution in [0, 0.1) is 0 Å². The molecular formula is C13H19N5O. The highest BCUT2D eigenvalue weighted by atomic mass is 16.2.